The van der Waals surface area contributed by atoms with Crippen LogP contribution in [0.2, 0.25) is 0 Å². The number of carboxylic acid groups (broad SMARTS) is 1. The number of anilines is 1. The maximum Gasteiger partial charge on any atom is 0.408 e. The van der Waals surface area contributed by atoms with Crippen LogP contribution in [-0.2, 0) is 16.0 Å². The number of amides is 2. The number of carbonyl (C=O) groups is 3. The fourth-order valence-corrected chi connectivity index (χ4v) is 3.94. The first kappa shape index (κ1) is 21.4. The minimum Gasteiger partial charge on any atom is -0.478 e. The number of hydrogen-bond donors (Lipinski definition) is 2. The van der Waals surface area contributed by atoms with Gasteiger partial charge < -0.3 is 24.6 Å². The monoisotopic (exact) mass is 436 g/mol. The normalized spacial score (nSPS) is 16.1. The number of aromatic carboxylic acids is 1. The number of nitrogens with zero attached hydrogens (tertiary/aromatic N) is 3. The van der Waals surface area contributed by atoms with Crippen molar-refractivity contribution in [2.24, 2.45) is 0 Å². The summed E-state index contributed by atoms with van der Waals surface area (Å²) in [6, 6.07) is 7.69. The highest BCUT2D eigenvalue weighted by Gasteiger charge is 2.33. The first-order valence-electron chi connectivity index (χ1n) is 10.2. The van der Waals surface area contributed by atoms with E-state index in [2.05, 4.69) is 10.3 Å². The van der Waals surface area contributed by atoms with E-state index in [-0.39, 0.29) is 23.7 Å². The molecule has 4 rings (SSSR count). The van der Waals surface area contributed by atoms with Gasteiger partial charge in [0.15, 0.2) is 5.82 Å². The second-order valence-corrected chi connectivity index (χ2v) is 8.68. The van der Waals surface area contributed by atoms with Crippen molar-refractivity contribution in [3.8, 4) is 5.82 Å². The lowest BCUT2D eigenvalue weighted by Gasteiger charge is -2.25. The molecule has 0 aliphatic carbocycles. The topological polar surface area (TPSA) is 114 Å². The van der Waals surface area contributed by atoms with Crippen molar-refractivity contribution in [3.63, 3.8) is 0 Å². The van der Waals surface area contributed by atoms with E-state index in [4.69, 9.17) is 4.74 Å². The molecule has 9 nitrogen and oxygen atoms in total. The number of carboxylic acids is 1. The molecule has 3 heterocycles. The molecule has 0 radical (unpaired) electrons. The van der Waals surface area contributed by atoms with Gasteiger partial charge in [-0.25, -0.2) is 14.6 Å². The first-order valence-corrected chi connectivity index (χ1v) is 10.2. The Morgan fingerprint density at radius 2 is 1.97 bits per heavy atom. The lowest BCUT2D eigenvalue weighted by molar-refractivity contribution is -0.120. The Morgan fingerprint density at radius 1 is 1.22 bits per heavy atom. The number of likely N-dealkylation sites (N-methyl/N-ethyl adjacent to an activating group) is 1. The zero-order chi connectivity index (χ0) is 23.2. The number of benzene rings is 1. The molecule has 2 aromatic heterocycles. The SMILES string of the molecule is CN1C(=O)C(NC(=O)OC(C)(C)C)Cc2cn(-c3ncccc3C(=O)O)c3cccc1c23. The van der Waals surface area contributed by atoms with Crippen molar-refractivity contribution < 1.29 is 24.2 Å². The molecular formula is C23H24N4O5. The van der Waals surface area contributed by atoms with Gasteiger partial charge >= 0.3 is 12.1 Å². The Bertz CT molecular complexity index is 1240. The van der Waals surface area contributed by atoms with Crippen LogP contribution in [0.1, 0.15) is 36.7 Å². The van der Waals surface area contributed by atoms with Gasteiger partial charge in [0.1, 0.15) is 17.2 Å². The Balaban J connectivity index is 1.82. The van der Waals surface area contributed by atoms with E-state index < -0.39 is 23.7 Å². The number of ether oxygens (including phenoxy) is 1. The molecule has 3 aromatic rings. The molecule has 0 saturated carbocycles. The van der Waals surface area contributed by atoms with E-state index >= 15 is 0 Å². The smallest absolute Gasteiger partial charge is 0.408 e. The van der Waals surface area contributed by atoms with Crippen LogP contribution in [0, 0.1) is 0 Å². The predicted octanol–water partition coefficient (Wildman–Crippen LogP) is 3.14. The third-order valence-corrected chi connectivity index (χ3v) is 5.24. The number of aromatic nitrogens is 2. The van der Waals surface area contributed by atoms with Gasteiger partial charge in [-0.2, -0.15) is 0 Å². The zero-order valence-electron chi connectivity index (χ0n) is 18.2. The Labute approximate surface area is 184 Å². The van der Waals surface area contributed by atoms with Crippen molar-refractivity contribution in [2.75, 3.05) is 11.9 Å². The number of carbonyl (C=O) groups excluding carboxylic acids is 2. The molecule has 2 N–H and O–H groups in total. The summed E-state index contributed by atoms with van der Waals surface area (Å²) in [4.78, 5) is 43.0. The van der Waals surface area contributed by atoms with Gasteiger partial charge in [0.25, 0.3) is 0 Å². The molecular weight excluding hydrogens is 412 g/mol. The summed E-state index contributed by atoms with van der Waals surface area (Å²) in [7, 11) is 1.65. The molecule has 166 valence electrons. The molecule has 1 aliphatic rings. The summed E-state index contributed by atoms with van der Waals surface area (Å²) in [6.07, 6.45) is 2.85. The Morgan fingerprint density at radius 3 is 2.66 bits per heavy atom. The van der Waals surface area contributed by atoms with Crippen LogP contribution in [0.25, 0.3) is 16.7 Å². The van der Waals surface area contributed by atoms with Crippen molar-refractivity contribution in [3.05, 3.63) is 53.9 Å². The summed E-state index contributed by atoms with van der Waals surface area (Å²) in [5.41, 5.74) is 1.54. The van der Waals surface area contributed by atoms with E-state index in [0.717, 1.165) is 16.5 Å². The largest absolute Gasteiger partial charge is 0.478 e. The highest BCUT2D eigenvalue weighted by molar-refractivity contribution is 6.09. The number of nitrogens with one attached hydrogen (secondary N) is 1. The third kappa shape index (κ3) is 3.77. The minimum absolute atomic E-state index is 0.0614. The number of pyridine rings is 1. The van der Waals surface area contributed by atoms with Crippen LogP contribution in [0.3, 0.4) is 0 Å². The van der Waals surface area contributed by atoms with E-state index in [9.17, 15) is 19.5 Å². The van der Waals surface area contributed by atoms with Crippen molar-refractivity contribution in [1.82, 2.24) is 14.9 Å². The highest BCUT2D eigenvalue weighted by atomic mass is 16.6. The summed E-state index contributed by atoms with van der Waals surface area (Å²) in [6.45, 7) is 5.25. The molecule has 0 bridgehead atoms. The van der Waals surface area contributed by atoms with Gasteiger partial charge in [0.2, 0.25) is 5.91 Å². The second kappa shape index (κ2) is 7.67. The summed E-state index contributed by atoms with van der Waals surface area (Å²) >= 11 is 0. The molecule has 0 fully saturated rings. The molecule has 1 atom stereocenters. The first-order chi connectivity index (χ1) is 15.1. The highest BCUT2D eigenvalue weighted by Crippen LogP contribution is 2.36. The van der Waals surface area contributed by atoms with Crippen LogP contribution >= 0.6 is 0 Å². The summed E-state index contributed by atoms with van der Waals surface area (Å²) in [5.74, 6) is -1.08. The Hall–Kier alpha value is -3.88. The molecule has 1 unspecified atom stereocenters. The second-order valence-electron chi connectivity index (χ2n) is 8.68. The quantitative estimate of drug-likeness (QED) is 0.652. The van der Waals surface area contributed by atoms with Crippen molar-refractivity contribution in [1.29, 1.82) is 0 Å². The molecule has 32 heavy (non-hydrogen) atoms. The lowest BCUT2D eigenvalue weighted by atomic mass is 10.1. The van der Waals surface area contributed by atoms with Crippen LogP contribution in [-0.4, -0.2) is 51.3 Å². The molecule has 0 spiro atoms. The van der Waals surface area contributed by atoms with Crippen LogP contribution < -0.4 is 10.2 Å². The van der Waals surface area contributed by atoms with Crippen molar-refractivity contribution >= 4 is 34.6 Å². The lowest BCUT2D eigenvalue weighted by Crippen LogP contribution is -2.49. The predicted molar refractivity (Wildman–Crippen MR) is 118 cm³/mol. The molecule has 0 saturated heterocycles. The van der Waals surface area contributed by atoms with Gasteiger partial charge in [-0.05, 0) is 50.6 Å². The maximum absolute atomic E-state index is 13.1. The van der Waals surface area contributed by atoms with E-state index in [1.165, 1.54) is 17.2 Å². The molecule has 1 aliphatic heterocycles. The fourth-order valence-electron chi connectivity index (χ4n) is 3.94. The van der Waals surface area contributed by atoms with E-state index in [1.807, 2.05) is 12.1 Å². The summed E-state index contributed by atoms with van der Waals surface area (Å²) < 4.78 is 7.04. The minimum atomic E-state index is -1.09. The van der Waals surface area contributed by atoms with Gasteiger partial charge in [0, 0.05) is 31.2 Å². The number of alkyl carbamates (subject to hydrolysis) is 1. The number of hydrogen-bond acceptors (Lipinski definition) is 5. The molecule has 2 amide bonds. The van der Waals surface area contributed by atoms with Gasteiger partial charge in [-0.3, -0.25) is 4.79 Å². The fraction of sp³-hybridized carbons (Fsp3) is 0.304. The van der Waals surface area contributed by atoms with E-state index in [0.29, 0.717) is 5.69 Å². The van der Waals surface area contributed by atoms with Crippen LogP contribution in [0.4, 0.5) is 10.5 Å². The molecule has 1 aromatic carbocycles. The van der Waals surface area contributed by atoms with Gasteiger partial charge in [0.05, 0.1) is 11.2 Å². The van der Waals surface area contributed by atoms with Gasteiger partial charge in [-0.15, -0.1) is 0 Å². The molecule has 9 heteroatoms. The van der Waals surface area contributed by atoms with E-state index in [1.54, 1.807) is 50.7 Å². The number of rotatable bonds is 3. The van der Waals surface area contributed by atoms with Crippen molar-refractivity contribution in [2.45, 2.75) is 38.8 Å². The average molecular weight is 436 g/mol. The average Bonchev–Trinajstić information content (AvgIpc) is 3.05. The maximum atomic E-state index is 13.1. The van der Waals surface area contributed by atoms with Crippen LogP contribution in [0.15, 0.2) is 42.7 Å². The van der Waals surface area contributed by atoms with Gasteiger partial charge in [-0.1, -0.05) is 6.07 Å². The van der Waals surface area contributed by atoms with Crippen LogP contribution in [0.5, 0.6) is 0 Å². The Kier molecular flexibility index (Phi) is 5.12. The standard InChI is InChI=1S/C23H24N4O5/c1-23(2,3)32-22(31)25-15-11-13-12-27(19-14(21(29)30)7-6-10-24-19)17-9-5-8-16(18(13)17)26(4)20(15)28/h5-10,12,15H,11H2,1-4H3,(H,25,31)(H,29,30). The zero-order valence-corrected chi connectivity index (χ0v) is 18.2. The summed E-state index contributed by atoms with van der Waals surface area (Å²) in [5, 5.41) is 13.1. The third-order valence-electron chi connectivity index (χ3n) is 5.24.